The minimum atomic E-state index is -1.10. The number of ether oxygens (including phenoxy) is 2. The van der Waals surface area contributed by atoms with Crippen LogP contribution >= 0.6 is 0 Å². The zero-order valence-electron chi connectivity index (χ0n) is 17.3. The zero-order valence-corrected chi connectivity index (χ0v) is 17.3. The van der Waals surface area contributed by atoms with E-state index in [0.29, 0.717) is 12.8 Å². The van der Waals surface area contributed by atoms with Gasteiger partial charge in [0.05, 0.1) is 26.2 Å². The van der Waals surface area contributed by atoms with E-state index < -0.39 is 24.0 Å². The fraction of sp³-hybridized carbons (Fsp3) is 0.391. The van der Waals surface area contributed by atoms with Crippen molar-refractivity contribution in [2.75, 3.05) is 14.2 Å². The average molecular weight is 413 g/mol. The minimum Gasteiger partial charge on any atom is -0.497 e. The van der Waals surface area contributed by atoms with E-state index in [1.165, 1.54) is 11.8 Å². The highest BCUT2D eigenvalue weighted by molar-refractivity contribution is 5.97. The Kier molecular flexibility index (Phi) is 6.62. The molecule has 30 heavy (non-hydrogen) atoms. The highest BCUT2D eigenvalue weighted by Crippen LogP contribution is 2.34. The van der Waals surface area contributed by atoms with E-state index in [9.17, 15) is 19.8 Å². The van der Waals surface area contributed by atoms with Gasteiger partial charge in [0, 0.05) is 6.04 Å². The molecule has 1 unspecified atom stereocenters. The molecule has 3 rings (SSSR count). The highest BCUT2D eigenvalue weighted by Gasteiger charge is 2.55. The van der Waals surface area contributed by atoms with Crippen LogP contribution in [0.5, 0.6) is 11.5 Å². The van der Waals surface area contributed by atoms with Gasteiger partial charge in [0.25, 0.3) is 0 Å². The second-order valence-corrected chi connectivity index (χ2v) is 7.55. The molecule has 160 valence electrons. The van der Waals surface area contributed by atoms with Crippen molar-refractivity contribution in [2.24, 2.45) is 5.92 Å². The third kappa shape index (κ3) is 4.41. The van der Waals surface area contributed by atoms with Crippen molar-refractivity contribution in [3.8, 4) is 11.5 Å². The molecule has 0 radical (unpaired) electrons. The van der Waals surface area contributed by atoms with E-state index in [1.54, 1.807) is 14.2 Å². The number of benzene rings is 2. The number of amides is 1. The van der Waals surface area contributed by atoms with Gasteiger partial charge in [-0.15, -0.1) is 0 Å². The molecule has 1 amide bonds. The topological polar surface area (TPSA) is 96.3 Å². The van der Waals surface area contributed by atoms with Crippen LogP contribution in [0.3, 0.4) is 0 Å². The van der Waals surface area contributed by atoms with E-state index in [4.69, 9.17) is 9.47 Å². The number of methoxy groups -OCH3 is 2. The lowest BCUT2D eigenvalue weighted by Crippen LogP contribution is -2.70. The van der Waals surface area contributed by atoms with Crippen LogP contribution in [0.15, 0.2) is 48.5 Å². The van der Waals surface area contributed by atoms with Gasteiger partial charge >= 0.3 is 5.97 Å². The quantitative estimate of drug-likeness (QED) is 0.612. The first-order chi connectivity index (χ1) is 14.3. The first-order valence-corrected chi connectivity index (χ1v) is 9.84. The Balaban J connectivity index is 1.89. The van der Waals surface area contributed by atoms with E-state index in [2.05, 4.69) is 0 Å². The Morgan fingerprint density at radius 1 is 0.967 bits per heavy atom. The molecule has 0 aromatic heterocycles. The first kappa shape index (κ1) is 21.6. The molecule has 0 saturated carbocycles. The summed E-state index contributed by atoms with van der Waals surface area (Å²) >= 11 is 0. The van der Waals surface area contributed by atoms with Gasteiger partial charge in [-0.25, -0.2) is 4.79 Å². The van der Waals surface area contributed by atoms with Crippen molar-refractivity contribution in [1.82, 2.24) is 4.90 Å². The summed E-state index contributed by atoms with van der Waals surface area (Å²) in [4.78, 5) is 26.1. The Morgan fingerprint density at radius 2 is 1.40 bits per heavy atom. The SMILES string of the molecule is COc1ccc(CC(Cc2ccc(OC)cc2)N2C(=O)[C@@H](C(C)O)[C@@H]2C(=O)O)cc1. The highest BCUT2D eigenvalue weighted by atomic mass is 16.5. The van der Waals surface area contributed by atoms with Gasteiger partial charge in [0.15, 0.2) is 0 Å². The molecule has 1 fully saturated rings. The average Bonchev–Trinajstić information content (AvgIpc) is 2.72. The zero-order chi connectivity index (χ0) is 21.8. The summed E-state index contributed by atoms with van der Waals surface area (Å²) in [5.74, 6) is -0.901. The van der Waals surface area contributed by atoms with Crippen molar-refractivity contribution in [3.05, 3.63) is 59.7 Å². The number of carboxylic acids is 1. The van der Waals surface area contributed by atoms with Crippen LogP contribution in [0.25, 0.3) is 0 Å². The number of carboxylic acid groups (broad SMARTS) is 1. The van der Waals surface area contributed by atoms with Crippen molar-refractivity contribution in [1.29, 1.82) is 0 Å². The Hall–Kier alpha value is -3.06. The summed E-state index contributed by atoms with van der Waals surface area (Å²) in [6.45, 7) is 1.46. The van der Waals surface area contributed by atoms with Gasteiger partial charge < -0.3 is 24.6 Å². The smallest absolute Gasteiger partial charge is 0.327 e. The third-order valence-corrected chi connectivity index (χ3v) is 5.61. The van der Waals surface area contributed by atoms with Gasteiger partial charge in [0.2, 0.25) is 5.91 Å². The molecule has 7 heteroatoms. The first-order valence-electron chi connectivity index (χ1n) is 9.84. The van der Waals surface area contributed by atoms with Crippen molar-refractivity contribution in [2.45, 2.75) is 38.0 Å². The summed E-state index contributed by atoms with van der Waals surface area (Å²) in [5.41, 5.74) is 1.93. The molecule has 0 aliphatic carbocycles. The molecule has 2 aromatic rings. The van der Waals surface area contributed by atoms with Crippen LogP contribution in [-0.2, 0) is 22.4 Å². The number of hydrogen-bond donors (Lipinski definition) is 2. The van der Waals surface area contributed by atoms with Crippen LogP contribution in [0, 0.1) is 5.92 Å². The molecule has 1 saturated heterocycles. The fourth-order valence-corrected chi connectivity index (χ4v) is 4.02. The number of likely N-dealkylation sites (tertiary alicyclic amines) is 1. The van der Waals surface area contributed by atoms with Crippen molar-refractivity contribution >= 4 is 11.9 Å². The number of β-lactam (4-membered cyclic amide) rings is 1. The number of aliphatic hydroxyl groups is 1. The van der Waals surface area contributed by atoms with Gasteiger partial charge in [-0.1, -0.05) is 24.3 Å². The van der Waals surface area contributed by atoms with Crippen LogP contribution in [0.2, 0.25) is 0 Å². The number of aliphatic hydroxyl groups excluding tert-OH is 1. The van der Waals surface area contributed by atoms with E-state index in [1.807, 2.05) is 48.5 Å². The normalized spacial score (nSPS) is 19.4. The summed E-state index contributed by atoms with van der Waals surface area (Å²) in [6, 6.07) is 13.6. The number of carbonyl (C=O) groups is 2. The summed E-state index contributed by atoms with van der Waals surface area (Å²) in [6.07, 6.45) is -0.0478. The van der Waals surface area contributed by atoms with Crippen molar-refractivity contribution in [3.63, 3.8) is 0 Å². The Morgan fingerprint density at radius 3 is 1.73 bits per heavy atom. The van der Waals surface area contributed by atoms with Crippen LogP contribution in [0.1, 0.15) is 18.1 Å². The minimum absolute atomic E-state index is 0.329. The molecular formula is C23H27NO6. The maximum Gasteiger partial charge on any atom is 0.327 e. The molecule has 1 heterocycles. The summed E-state index contributed by atoms with van der Waals surface area (Å²) in [7, 11) is 3.18. The number of carbonyl (C=O) groups excluding carboxylic acids is 1. The molecular weight excluding hydrogens is 386 g/mol. The van der Waals surface area contributed by atoms with Crippen LogP contribution < -0.4 is 9.47 Å². The standard InChI is InChI=1S/C23H27NO6/c1-14(25)20-21(23(27)28)24(22(20)26)17(12-15-4-8-18(29-2)9-5-15)13-16-6-10-19(30-3)11-7-16/h4-11,14,17,20-21,25H,12-13H2,1-3H3,(H,27,28)/t14?,20-,21+/m0/s1. The number of hydrogen-bond acceptors (Lipinski definition) is 5. The number of nitrogens with zero attached hydrogens (tertiary/aromatic N) is 1. The second kappa shape index (κ2) is 9.17. The molecule has 2 aromatic carbocycles. The predicted molar refractivity (Wildman–Crippen MR) is 111 cm³/mol. The Bertz CT molecular complexity index is 828. The van der Waals surface area contributed by atoms with Crippen LogP contribution in [0.4, 0.5) is 0 Å². The lowest BCUT2D eigenvalue weighted by molar-refractivity contribution is -0.181. The number of aliphatic carboxylic acids is 1. The van der Waals surface area contributed by atoms with Gasteiger partial charge in [0.1, 0.15) is 17.5 Å². The summed E-state index contributed by atoms with van der Waals surface area (Å²) < 4.78 is 10.4. The van der Waals surface area contributed by atoms with Gasteiger partial charge in [-0.05, 0) is 55.2 Å². The molecule has 2 N–H and O–H groups in total. The maximum absolute atomic E-state index is 12.8. The molecule has 7 nitrogen and oxygen atoms in total. The van der Waals surface area contributed by atoms with Crippen LogP contribution in [-0.4, -0.2) is 59.4 Å². The van der Waals surface area contributed by atoms with Gasteiger partial charge in [-0.2, -0.15) is 0 Å². The lowest BCUT2D eigenvalue weighted by atomic mass is 9.80. The largest absolute Gasteiger partial charge is 0.497 e. The van der Waals surface area contributed by atoms with E-state index in [-0.39, 0.29) is 11.9 Å². The lowest BCUT2D eigenvalue weighted by Gasteiger charge is -2.50. The maximum atomic E-state index is 12.8. The second-order valence-electron chi connectivity index (χ2n) is 7.55. The molecule has 0 spiro atoms. The van der Waals surface area contributed by atoms with E-state index >= 15 is 0 Å². The third-order valence-electron chi connectivity index (χ3n) is 5.61. The van der Waals surface area contributed by atoms with Gasteiger partial charge in [-0.3, -0.25) is 4.79 Å². The van der Waals surface area contributed by atoms with E-state index in [0.717, 1.165) is 22.6 Å². The monoisotopic (exact) mass is 413 g/mol. The molecule has 1 aliphatic rings. The number of rotatable bonds is 9. The van der Waals surface area contributed by atoms with Crippen molar-refractivity contribution < 1.29 is 29.3 Å². The molecule has 1 aliphatic heterocycles. The summed E-state index contributed by atoms with van der Waals surface area (Å²) in [5, 5.41) is 19.6. The fourth-order valence-electron chi connectivity index (χ4n) is 4.02. The predicted octanol–water partition coefficient (Wildman–Crippen LogP) is 2.15. The molecule has 0 bridgehead atoms. The molecule has 3 atom stereocenters. The Labute approximate surface area is 175 Å².